The van der Waals surface area contributed by atoms with Gasteiger partial charge in [0.2, 0.25) is 15.9 Å². The number of rotatable bonds is 3. The van der Waals surface area contributed by atoms with Crippen molar-refractivity contribution in [3.63, 3.8) is 0 Å². The normalized spacial score (nSPS) is 20.4. The molecular formula is C15H22N2O3S. The van der Waals surface area contributed by atoms with Crippen molar-refractivity contribution in [3.8, 4) is 0 Å². The van der Waals surface area contributed by atoms with Crippen LogP contribution >= 0.6 is 0 Å². The van der Waals surface area contributed by atoms with E-state index in [1.807, 2.05) is 19.1 Å². The third kappa shape index (κ3) is 2.96. The first-order valence-electron chi connectivity index (χ1n) is 7.14. The van der Waals surface area contributed by atoms with Gasteiger partial charge in [-0.05, 0) is 44.7 Å². The van der Waals surface area contributed by atoms with Gasteiger partial charge in [-0.25, -0.2) is 8.42 Å². The molecular weight excluding hydrogens is 288 g/mol. The predicted octanol–water partition coefficient (Wildman–Crippen LogP) is 1.64. The van der Waals surface area contributed by atoms with E-state index in [1.54, 1.807) is 13.8 Å². The Morgan fingerprint density at radius 2 is 1.76 bits per heavy atom. The Labute approximate surface area is 126 Å². The van der Waals surface area contributed by atoms with Gasteiger partial charge >= 0.3 is 0 Å². The minimum Gasteiger partial charge on any atom is -0.368 e. The largest absolute Gasteiger partial charge is 0.368 e. The number of sulfonamides is 1. The highest BCUT2D eigenvalue weighted by Gasteiger charge is 2.37. The summed E-state index contributed by atoms with van der Waals surface area (Å²) < 4.78 is 27.2. The summed E-state index contributed by atoms with van der Waals surface area (Å²) in [5, 5.41) is 0. The molecule has 1 aromatic rings. The summed E-state index contributed by atoms with van der Waals surface area (Å²) in [5.41, 5.74) is 7.83. The first-order chi connectivity index (χ1) is 9.75. The zero-order valence-corrected chi connectivity index (χ0v) is 13.5. The molecule has 1 heterocycles. The molecule has 6 heteroatoms. The van der Waals surface area contributed by atoms with Crippen LogP contribution in [0.15, 0.2) is 17.0 Å². The molecule has 1 aliphatic rings. The number of piperidine rings is 1. The fourth-order valence-electron chi connectivity index (χ4n) is 3.17. The van der Waals surface area contributed by atoms with Gasteiger partial charge in [0.05, 0.1) is 4.90 Å². The molecule has 0 radical (unpaired) electrons. The number of primary amides is 1. The van der Waals surface area contributed by atoms with Crippen LogP contribution in [-0.2, 0) is 14.8 Å². The maximum atomic E-state index is 13.0. The number of nitrogens with zero attached hydrogens (tertiary/aromatic N) is 1. The summed E-state index contributed by atoms with van der Waals surface area (Å²) >= 11 is 0. The van der Waals surface area contributed by atoms with Crippen molar-refractivity contribution >= 4 is 15.9 Å². The van der Waals surface area contributed by atoms with Crippen LogP contribution in [0.5, 0.6) is 0 Å². The Morgan fingerprint density at radius 1 is 1.19 bits per heavy atom. The number of benzene rings is 1. The molecule has 0 saturated carbocycles. The summed E-state index contributed by atoms with van der Waals surface area (Å²) in [6, 6.07) is 2.97. The average Bonchev–Trinajstić information content (AvgIpc) is 2.37. The highest BCUT2D eigenvalue weighted by molar-refractivity contribution is 7.89. The van der Waals surface area contributed by atoms with Crippen molar-refractivity contribution in [1.29, 1.82) is 0 Å². The van der Waals surface area contributed by atoms with Gasteiger partial charge in [0.25, 0.3) is 0 Å². The van der Waals surface area contributed by atoms with E-state index >= 15 is 0 Å². The summed E-state index contributed by atoms with van der Waals surface area (Å²) in [7, 11) is -3.70. The summed E-state index contributed by atoms with van der Waals surface area (Å²) in [4.78, 5) is 11.9. The molecule has 0 aromatic heterocycles. The predicted molar refractivity (Wildman–Crippen MR) is 81.4 cm³/mol. The Balaban J connectivity index is 2.53. The standard InChI is InChI=1S/C15H22N2O3S/c1-10-8-11(2)14(12(3)9-10)21(19,20)17-7-5-4-6-13(17)15(16)18/h8-9,13H,4-7H2,1-3H3,(H2,16,18)/t13-/m0/s1. The highest BCUT2D eigenvalue weighted by Crippen LogP contribution is 2.29. The average molecular weight is 310 g/mol. The molecule has 0 aliphatic carbocycles. The van der Waals surface area contributed by atoms with E-state index in [1.165, 1.54) is 4.31 Å². The van der Waals surface area contributed by atoms with Gasteiger partial charge in [-0.2, -0.15) is 4.31 Å². The topological polar surface area (TPSA) is 80.5 Å². The third-order valence-corrected chi connectivity index (χ3v) is 6.17. The number of aryl methyl sites for hydroxylation is 3. The smallest absolute Gasteiger partial charge is 0.244 e. The molecule has 1 saturated heterocycles. The minimum absolute atomic E-state index is 0.307. The van der Waals surface area contributed by atoms with Crippen LogP contribution in [0.4, 0.5) is 0 Å². The van der Waals surface area contributed by atoms with Crippen molar-refractivity contribution in [2.45, 2.75) is 51.0 Å². The van der Waals surface area contributed by atoms with Crippen molar-refractivity contribution in [3.05, 3.63) is 28.8 Å². The lowest BCUT2D eigenvalue weighted by atomic mass is 10.0. The van der Waals surface area contributed by atoms with Crippen LogP contribution in [-0.4, -0.2) is 31.2 Å². The Hall–Kier alpha value is -1.40. The lowest BCUT2D eigenvalue weighted by molar-refractivity contribution is -0.122. The van der Waals surface area contributed by atoms with Crippen LogP contribution in [0.2, 0.25) is 0 Å². The fraction of sp³-hybridized carbons (Fsp3) is 0.533. The zero-order chi connectivity index (χ0) is 15.8. The SMILES string of the molecule is Cc1cc(C)c(S(=O)(=O)N2CCCC[C@H]2C(N)=O)c(C)c1. The van der Waals surface area contributed by atoms with E-state index in [0.717, 1.165) is 18.4 Å². The quantitative estimate of drug-likeness (QED) is 0.921. The number of carbonyl (C=O) groups excluding carboxylic acids is 1. The minimum atomic E-state index is -3.70. The number of carbonyl (C=O) groups is 1. The first-order valence-corrected chi connectivity index (χ1v) is 8.58. The summed E-state index contributed by atoms with van der Waals surface area (Å²) in [5.74, 6) is -0.569. The molecule has 0 spiro atoms. The lowest BCUT2D eigenvalue weighted by Gasteiger charge is -2.33. The maximum Gasteiger partial charge on any atom is 0.244 e. The van der Waals surface area contributed by atoms with Gasteiger partial charge in [-0.15, -0.1) is 0 Å². The lowest BCUT2D eigenvalue weighted by Crippen LogP contribution is -2.50. The Bertz CT molecular complexity index is 644. The van der Waals surface area contributed by atoms with Gasteiger partial charge in [0.15, 0.2) is 0 Å². The van der Waals surface area contributed by atoms with Crippen molar-refractivity contribution in [2.24, 2.45) is 5.73 Å². The highest BCUT2D eigenvalue weighted by atomic mass is 32.2. The van der Waals surface area contributed by atoms with Crippen LogP contribution in [0, 0.1) is 20.8 Å². The van der Waals surface area contributed by atoms with Crippen LogP contribution in [0.3, 0.4) is 0 Å². The summed E-state index contributed by atoms with van der Waals surface area (Å²) in [6.45, 7) is 5.86. The molecule has 1 aromatic carbocycles. The van der Waals surface area contributed by atoms with Crippen molar-refractivity contribution in [1.82, 2.24) is 4.31 Å². The molecule has 116 valence electrons. The van der Waals surface area contributed by atoms with E-state index < -0.39 is 22.0 Å². The number of amides is 1. The molecule has 21 heavy (non-hydrogen) atoms. The molecule has 2 N–H and O–H groups in total. The second kappa shape index (κ2) is 5.77. The van der Waals surface area contributed by atoms with E-state index in [-0.39, 0.29) is 0 Å². The molecule has 1 amide bonds. The van der Waals surface area contributed by atoms with Crippen LogP contribution < -0.4 is 5.73 Å². The van der Waals surface area contributed by atoms with E-state index in [0.29, 0.717) is 29.0 Å². The van der Waals surface area contributed by atoms with Crippen molar-refractivity contribution < 1.29 is 13.2 Å². The number of hydrogen-bond acceptors (Lipinski definition) is 3. The van der Waals surface area contributed by atoms with Gasteiger partial charge in [0.1, 0.15) is 6.04 Å². The molecule has 1 aliphatic heterocycles. The van der Waals surface area contributed by atoms with Gasteiger partial charge in [-0.3, -0.25) is 4.79 Å². The fourth-order valence-corrected chi connectivity index (χ4v) is 5.25. The van der Waals surface area contributed by atoms with E-state index in [2.05, 4.69) is 0 Å². The summed E-state index contributed by atoms with van der Waals surface area (Å²) in [6.07, 6.45) is 2.08. The van der Waals surface area contributed by atoms with Crippen LogP contribution in [0.1, 0.15) is 36.0 Å². The molecule has 0 unspecified atom stereocenters. The number of nitrogens with two attached hydrogens (primary N) is 1. The molecule has 0 bridgehead atoms. The molecule has 2 rings (SSSR count). The maximum absolute atomic E-state index is 13.0. The van der Waals surface area contributed by atoms with Gasteiger partial charge in [0, 0.05) is 6.54 Å². The molecule has 1 atom stereocenters. The molecule has 1 fully saturated rings. The Morgan fingerprint density at radius 3 is 2.29 bits per heavy atom. The second-order valence-electron chi connectivity index (χ2n) is 5.76. The number of hydrogen-bond donors (Lipinski definition) is 1. The molecule has 5 nitrogen and oxygen atoms in total. The zero-order valence-electron chi connectivity index (χ0n) is 12.7. The first kappa shape index (κ1) is 16.0. The van der Waals surface area contributed by atoms with E-state index in [4.69, 9.17) is 5.73 Å². The van der Waals surface area contributed by atoms with Gasteiger partial charge in [-0.1, -0.05) is 24.1 Å². The van der Waals surface area contributed by atoms with Crippen molar-refractivity contribution in [2.75, 3.05) is 6.54 Å². The monoisotopic (exact) mass is 310 g/mol. The third-order valence-electron chi connectivity index (χ3n) is 3.95. The van der Waals surface area contributed by atoms with Crippen LogP contribution in [0.25, 0.3) is 0 Å². The van der Waals surface area contributed by atoms with E-state index in [9.17, 15) is 13.2 Å². The Kier molecular flexibility index (Phi) is 4.39. The van der Waals surface area contributed by atoms with Gasteiger partial charge < -0.3 is 5.73 Å². The second-order valence-corrected chi connectivity index (χ2v) is 7.58.